The molecule has 0 bridgehead atoms. The van der Waals surface area contributed by atoms with Crippen LogP contribution in [0.5, 0.6) is 0 Å². The van der Waals surface area contributed by atoms with Crippen molar-refractivity contribution in [3.63, 3.8) is 0 Å². The van der Waals surface area contributed by atoms with Gasteiger partial charge in [0.1, 0.15) is 16.1 Å². The van der Waals surface area contributed by atoms with Crippen molar-refractivity contribution < 1.29 is 0 Å². The third kappa shape index (κ3) is 3.68. The first-order valence-corrected chi connectivity index (χ1v) is 8.71. The molecule has 0 saturated heterocycles. The van der Waals surface area contributed by atoms with Crippen LogP contribution in [0.15, 0.2) is 41.6 Å². The van der Waals surface area contributed by atoms with Gasteiger partial charge in [0.05, 0.1) is 5.69 Å². The fourth-order valence-electron chi connectivity index (χ4n) is 2.27. The third-order valence-electron chi connectivity index (χ3n) is 3.34. The number of para-hydroxylation sites is 1. The summed E-state index contributed by atoms with van der Waals surface area (Å²) in [7, 11) is 0. The molecule has 0 amide bonds. The lowest BCUT2D eigenvalue weighted by Crippen LogP contribution is -2.01. The predicted octanol–water partition coefficient (Wildman–Crippen LogP) is 4.88. The van der Waals surface area contributed by atoms with E-state index in [9.17, 15) is 0 Å². The molecule has 3 rings (SSSR count). The Kier molecular flexibility index (Phi) is 4.90. The SMILES string of the molecule is Cc1ccccc1-n1c(C)nnc1SCc1cc(Cl)nc(Cl)c1. The van der Waals surface area contributed by atoms with Crippen LogP contribution in [0.3, 0.4) is 0 Å². The molecule has 4 nitrogen and oxygen atoms in total. The highest BCUT2D eigenvalue weighted by atomic mass is 35.5. The molecule has 0 aliphatic heterocycles. The summed E-state index contributed by atoms with van der Waals surface area (Å²) in [5, 5.41) is 10.1. The van der Waals surface area contributed by atoms with Crippen molar-refractivity contribution in [3.8, 4) is 5.69 Å². The number of benzene rings is 1. The molecule has 23 heavy (non-hydrogen) atoms. The second kappa shape index (κ2) is 6.91. The van der Waals surface area contributed by atoms with E-state index in [1.54, 1.807) is 11.8 Å². The number of halogens is 2. The molecule has 0 atom stereocenters. The van der Waals surface area contributed by atoms with Gasteiger partial charge in [0.15, 0.2) is 5.16 Å². The molecular weight excluding hydrogens is 351 g/mol. The number of hydrogen-bond acceptors (Lipinski definition) is 4. The van der Waals surface area contributed by atoms with Gasteiger partial charge >= 0.3 is 0 Å². The lowest BCUT2D eigenvalue weighted by atomic mass is 10.2. The van der Waals surface area contributed by atoms with Crippen molar-refractivity contribution >= 4 is 35.0 Å². The summed E-state index contributed by atoms with van der Waals surface area (Å²) in [5.74, 6) is 1.54. The smallest absolute Gasteiger partial charge is 0.196 e. The molecule has 0 aliphatic rings. The molecule has 0 saturated carbocycles. The second-order valence-corrected chi connectivity index (χ2v) is 6.78. The maximum Gasteiger partial charge on any atom is 0.196 e. The minimum absolute atomic E-state index is 0.393. The Labute approximate surface area is 148 Å². The van der Waals surface area contributed by atoms with Crippen LogP contribution < -0.4 is 0 Å². The van der Waals surface area contributed by atoms with E-state index in [1.165, 1.54) is 5.56 Å². The molecule has 2 heterocycles. The van der Waals surface area contributed by atoms with E-state index >= 15 is 0 Å². The lowest BCUT2D eigenvalue weighted by Gasteiger charge is -2.11. The molecule has 0 N–H and O–H groups in total. The first-order valence-electron chi connectivity index (χ1n) is 6.97. The number of nitrogens with zero attached hydrogens (tertiary/aromatic N) is 4. The molecule has 7 heteroatoms. The molecule has 0 aliphatic carbocycles. The van der Waals surface area contributed by atoms with Gasteiger partial charge in [-0.3, -0.25) is 4.57 Å². The van der Waals surface area contributed by atoms with Crippen LogP contribution in [0.1, 0.15) is 17.0 Å². The zero-order valence-corrected chi connectivity index (χ0v) is 15.0. The Hall–Kier alpha value is -1.56. The average molecular weight is 365 g/mol. The van der Waals surface area contributed by atoms with E-state index in [0.29, 0.717) is 16.1 Å². The van der Waals surface area contributed by atoms with Crippen LogP contribution in [-0.4, -0.2) is 19.7 Å². The molecular formula is C16H14Cl2N4S. The molecule has 2 aromatic heterocycles. The van der Waals surface area contributed by atoms with Gasteiger partial charge in [-0.1, -0.05) is 53.2 Å². The topological polar surface area (TPSA) is 43.6 Å². The van der Waals surface area contributed by atoms with Crippen LogP contribution in [0.25, 0.3) is 5.69 Å². The van der Waals surface area contributed by atoms with Crippen molar-refractivity contribution in [1.82, 2.24) is 19.7 Å². The maximum atomic E-state index is 5.95. The van der Waals surface area contributed by atoms with Gasteiger partial charge in [-0.15, -0.1) is 10.2 Å². The number of aromatic nitrogens is 4. The second-order valence-electron chi connectivity index (χ2n) is 5.06. The Morgan fingerprint density at radius 1 is 1.04 bits per heavy atom. The fraction of sp³-hybridized carbons (Fsp3) is 0.188. The van der Waals surface area contributed by atoms with Gasteiger partial charge in [0.2, 0.25) is 0 Å². The highest BCUT2D eigenvalue weighted by Crippen LogP contribution is 2.27. The Morgan fingerprint density at radius 2 is 1.74 bits per heavy atom. The number of aryl methyl sites for hydroxylation is 2. The van der Waals surface area contributed by atoms with Crippen molar-refractivity contribution in [3.05, 3.63) is 63.7 Å². The van der Waals surface area contributed by atoms with Crippen LogP contribution in [-0.2, 0) is 5.75 Å². The normalized spacial score (nSPS) is 11.0. The quantitative estimate of drug-likeness (QED) is 0.488. The highest BCUT2D eigenvalue weighted by molar-refractivity contribution is 7.98. The van der Waals surface area contributed by atoms with E-state index < -0.39 is 0 Å². The van der Waals surface area contributed by atoms with Crippen LogP contribution in [0.2, 0.25) is 10.3 Å². The molecule has 1 aromatic carbocycles. The van der Waals surface area contributed by atoms with E-state index in [2.05, 4.69) is 38.8 Å². The minimum Gasteiger partial charge on any atom is -0.274 e. The van der Waals surface area contributed by atoms with Crippen LogP contribution in [0.4, 0.5) is 0 Å². The van der Waals surface area contributed by atoms with Gasteiger partial charge in [-0.2, -0.15) is 0 Å². The van der Waals surface area contributed by atoms with E-state index in [-0.39, 0.29) is 0 Å². The van der Waals surface area contributed by atoms with Gasteiger partial charge in [0.25, 0.3) is 0 Å². The van der Waals surface area contributed by atoms with Gasteiger partial charge in [-0.25, -0.2) is 4.98 Å². The third-order valence-corrected chi connectivity index (χ3v) is 4.73. The number of rotatable bonds is 4. The number of hydrogen-bond donors (Lipinski definition) is 0. The van der Waals surface area contributed by atoms with Crippen molar-refractivity contribution in [2.45, 2.75) is 24.8 Å². The van der Waals surface area contributed by atoms with E-state index in [0.717, 1.165) is 22.2 Å². The first-order chi connectivity index (χ1) is 11.0. The van der Waals surface area contributed by atoms with Gasteiger partial charge < -0.3 is 0 Å². The Balaban J connectivity index is 1.89. The van der Waals surface area contributed by atoms with Crippen molar-refractivity contribution in [2.24, 2.45) is 0 Å². The van der Waals surface area contributed by atoms with Crippen LogP contribution in [0, 0.1) is 13.8 Å². The Bertz CT molecular complexity index is 828. The largest absolute Gasteiger partial charge is 0.274 e. The summed E-state index contributed by atoms with van der Waals surface area (Å²) in [6.45, 7) is 4.02. The Morgan fingerprint density at radius 3 is 2.43 bits per heavy atom. The highest BCUT2D eigenvalue weighted by Gasteiger charge is 2.13. The molecule has 3 aromatic rings. The van der Waals surface area contributed by atoms with Crippen LogP contribution >= 0.6 is 35.0 Å². The number of pyridine rings is 1. The molecule has 0 radical (unpaired) electrons. The summed E-state index contributed by atoms with van der Waals surface area (Å²) in [6.07, 6.45) is 0. The van der Waals surface area contributed by atoms with Gasteiger partial charge in [0, 0.05) is 5.75 Å². The number of thioether (sulfide) groups is 1. The summed E-state index contributed by atoms with van der Waals surface area (Å²) < 4.78 is 2.06. The summed E-state index contributed by atoms with van der Waals surface area (Å²) in [6, 6.07) is 11.8. The molecule has 0 fully saturated rings. The predicted molar refractivity (Wildman–Crippen MR) is 94.7 cm³/mol. The van der Waals surface area contributed by atoms with Crippen molar-refractivity contribution in [2.75, 3.05) is 0 Å². The molecule has 0 unspecified atom stereocenters. The molecule has 118 valence electrons. The van der Waals surface area contributed by atoms with E-state index in [1.807, 2.05) is 31.2 Å². The van der Waals surface area contributed by atoms with E-state index in [4.69, 9.17) is 23.2 Å². The average Bonchev–Trinajstić information content (AvgIpc) is 2.86. The minimum atomic E-state index is 0.393. The first kappa shape index (κ1) is 16.3. The summed E-state index contributed by atoms with van der Waals surface area (Å²) >= 11 is 13.5. The maximum absolute atomic E-state index is 5.95. The summed E-state index contributed by atoms with van der Waals surface area (Å²) in [4.78, 5) is 3.96. The standard InChI is InChI=1S/C16H14Cl2N4S/c1-10-5-3-4-6-13(10)22-11(2)20-21-16(22)23-9-12-7-14(17)19-15(18)8-12/h3-8H,9H2,1-2H3. The summed E-state index contributed by atoms with van der Waals surface area (Å²) in [5.41, 5.74) is 3.26. The lowest BCUT2D eigenvalue weighted by molar-refractivity contribution is 0.861. The van der Waals surface area contributed by atoms with Gasteiger partial charge in [-0.05, 0) is 43.2 Å². The fourth-order valence-corrected chi connectivity index (χ4v) is 3.70. The zero-order chi connectivity index (χ0) is 16.4. The van der Waals surface area contributed by atoms with Crippen molar-refractivity contribution in [1.29, 1.82) is 0 Å². The zero-order valence-electron chi connectivity index (χ0n) is 12.6. The monoisotopic (exact) mass is 364 g/mol. The molecule has 0 spiro atoms.